The number of carbonyl (C=O) groups is 1. The maximum absolute atomic E-state index is 10.1. The molecule has 0 aliphatic heterocycles. The van der Waals surface area contributed by atoms with E-state index in [0.29, 0.717) is 0 Å². The molecule has 0 saturated carbocycles. The van der Waals surface area contributed by atoms with Gasteiger partial charge in [0.2, 0.25) is 0 Å². The molecule has 0 aliphatic rings. The van der Waals surface area contributed by atoms with Gasteiger partial charge in [0.15, 0.2) is 5.60 Å². The predicted molar refractivity (Wildman–Crippen MR) is 49.9 cm³/mol. The van der Waals surface area contributed by atoms with E-state index in [1.807, 2.05) is 0 Å². The highest BCUT2D eigenvalue weighted by molar-refractivity contribution is 7.80. The van der Waals surface area contributed by atoms with Crippen molar-refractivity contribution < 1.29 is 49.7 Å². The molecule has 0 spiro atoms. The van der Waals surface area contributed by atoms with E-state index in [-0.39, 0.29) is 0 Å². The number of hydrogen-bond acceptors (Lipinski definition) is 7. The van der Waals surface area contributed by atoms with Crippen molar-refractivity contribution >= 4 is 26.8 Å². The minimum absolute atomic E-state index is 0.834. The molecule has 17 heavy (non-hydrogen) atoms. The summed E-state index contributed by atoms with van der Waals surface area (Å²) in [5.74, 6) is -1.65. The molecule has 1 unspecified atom stereocenters. The Balaban J connectivity index is 0. The molecule has 13 heteroatoms. The van der Waals surface area contributed by atoms with Gasteiger partial charge < -0.3 is 10.2 Å². The summed E-state index contributed by atoms with van der Waals surface area (Å²) in [4.78, 5) is 10.1. The molecule has 0 heterocycles. The summed E-state index contributed by atoms with van der Waals surface area (Å²) < 4.78 is 63.1. The van der Waals surface area contributed by atoms with Crippen LogP contribution in [0, 0.1) is 0 Å². The summed E-state index contributed by atoms with van der Waals surface area (Å²) in [6.07, 6.45) is 0. The molecular formula is C4H10O11S2. The van der Waals surface area contributed by atoms with Crippen LogP contribution >= 0.6 is 0 Å². The summed E-state index contributed by atoms with van der Waals surface area (Å²) in [5, 5.41) is 17.1. The third-order valence-corrected chi connectivity index (χ3v) is 1.37. The fraction of sp³-hybridized carbons (Fsp3) is 0.750. The van der Waals surface area contributed by atoms with Crippen molar-refractivity contribution in [2.75, 3.05) is 6.61 Å². The Bertz CT molecular complexity index is 434. The second-order valence-electron chi connectivity index (χ2n) is 2.72. The average Bonchev–Trinajstić information content (AvgIpc) is 1.96. The van der Waals surface area contributed by atoms with Crippen LogP contribution in [0.4, 0.5) is 0 Å². The summed E-state index contributed by atoms with van der Waals surface area (Å²) in [5.41, 5.74) is -2.34. The van der Waals surface area contributed by atoms with Crippen LogP contribution in [0.15, 0.2) is 0 Å². The van der Waals surface area contributed by atoms with Crippen LogP contribution in [-0.2, 0) is 29.8 Å². The Hall–Kier alpha value is -0.830. The van der Waals surface area contributed by atoms with Gasteiger partial charge in [0.1, 0.15) is 6.61 Å². The van der Waals surface area contributed by atoms with Crippen molar-refractivity contribution in [1.82, 2.24) is 0 Å². The number of rotatable bonds is 4. The lowest BCUT2D eigenvalue weighted by atomic mass is 10.1. The van der Waals surface area contributed by atoms with Gasteiger partial charge in [-0.15, -0.1) is 0 Å². The van der Waals surface area contributed by atoms with Gasteiger partial charge in [0.05, 0.1) is 0 Å². The lowest BCUT2D eigenvalue weighted by Gasteiger charge is -2.15. The molecule has 0 fully saturated rings. The molecule has 0 rings (SSSR count). The van der Waals surface area contributed by atoms with Gasteiger partial charge in [-0.1, -0.05) is 0 Å². The van der Waals surface area contributed by atoms with Crippen molar-refractivity contribution in [2.24, 2.45) is 0 Å². The molecule has 0 saturated heterocycles. The van der Waals surface area contributed by atoms with Gasteiger partial charge >= 0.3 is 26.8 Å². The Morgan fingerprint density at radius 3 is 1.65 bits per heavy atom. The van der Waals surface area contributed by atoms with Crippen molar-refractivity contribution in [2.45, 2.75) is 12.5 Å². The topological polar surface area (TPSA) is 196 Å². The number of aliphatic carboxylic acids is 1. The summed E-state index contributed by atoms with van der Waals surface area (Å²) in [7, 11) is -9.38. The second kappa shape index (κ2) is 6.20. The number of aliphatic hydroxyl groups is 1. The Kier molecular flexibility index (Phi) is 6.76. The van der Waals surface area contributed by atoms with Gasteiger partial charge in [-0.3, -0.25) is 13.7 Å². The standard InChI is InChI=1S/C4H8O7S.H2O4S/c1-4(7,3(5)6)2-11-12(8,9)10;1-5(2,3)4/h7H,2H2,1H3,(H,5,6)(H,8,9,10);(H2,1,2,3,4). The minimum Gasteiger partial charge on any atom is -0.479 e. The van der Waals surface area contributed by atoms with Gasteiger partial charge in [-0.25, -0.2) is 8.98 Å². The third-order valence-electron chi connectivity index (χ3n) is 0.950. The minimum atomic E-state index is -4.71. The lowest BCUT2D eigenvalue weighted by molar-refractivity contribution is -0.159. The Labute approximate surface area is 96.2 Å². The van der Waals surface area contributed by atoms with Crippen LogP contribution in [0.25, 0.3) is 0 Å². The zero-order valence-corrected chi connectivity index (χ0v) is 9.84. The number of carboxylic acids is 1. The molecule has 104 valence electrons. The molecule has 0 aliphatic carbocycles. The quantitative estimate of drug-likeness (QED) is 0.359. The van der Waals surface area contributed by atoms with Gasteiger partial charge in [0, 0.05) is 0 Å². The zero-order chi connectivity index (χ0) is 14.5. The van der Waals surface area contributed by atoms with Crippen molar-refractivity contribution in [3.63, 3.8) is 0 Å². The lowest BCUT2D eigenvalue weighted by Crippen LogP contribution is -2.40. The Morgan fingerprint density at radius 1 is 1.18 bits per heavy atom. The second-order valence-corrected chi connectivity index (χ2v) is 4.70. The average molecular weight is 298 g/mol. The van der Waals surface area contributed by atoms with E-state index in [0.717, 1.165) is 6.92 Å². The maximum atomic E-state index is 10.1. The zero-order valence-electron chi connectivity index (χ0n) is 8.21. The fourth-order valence-corrected chi connectivity index (χ4v) is 0.629. The maximum Gasteiger partial charge on any atom is 0.397 e. The normalized spacial score (nSPS) is 15.4. The molecular weight excluding hydrogens is 288 g/mol. The molecule has 5 N–H and O–H groups in total. The van der Waals surface area contributed by atoms with E-state index in [1.165, 1.54) is 0 Å². The Morgan fingerprint density at radius 2 is 1.47 bits per heavy atom. The van der Waals surface area contributed by atoms with Gasteiger partial charge in [0.25, 0.3) is 0 Å². The predicted octanol–water partition coefficient (Wildman–Crippen LogP) is -2.01. The third kappa shape index (κ3) is 17.8. The van der Waals surface area contributed by atoms with Crippen LogP contribution in [0.3, 0.4) is 0 Å². The monoisotopic (exact) mass is 298 g/mol. The summed E-state index contributed by atoms with van der Waals surface area (Å²) in [6.45, 7) is -0.207. The van der Waals surface area contributed by atoms with Crippen LogP contribution in [0.2, 0.25) is 0 Å². The highest BCUT2D eigenvalue weighted by Crippen LogP contribution is 2.05. The summed E-state index contributed by atoms with van der Waals surface area (Å²) >= 11 is 0. The highest BCUT2D eigenvalue weighted by Gasteiger charge is 2.32. The first-order valence-electron chi connectivity index (χ1n) is 3.42. The smallest absolute Gasteiger partial charge is 0.397 e. The molecule has 1 atom stereocenters. The largest absolute Gasteiger partial charge is 0.479 e. The molecule has 0 amide bonds. The van der Waals surface area contributed by atoms with Crippen LogP contribution in [0.1, 0.15) is 6.92 Å². The van der Waals surface area contributed by atoms with Crippen molar-refractivity contribution in [3.8, 4) is 0 Å². The molecule has 0 bridgehead atoms. The van der Waals surface area contributed by atoms with E-state index in [1.54, 1.807) is 0 Å². The molecule has 11 nitrogen and oxygen atoms in total. The van der Waals surface area contributed by atoms with E-state index in [9.17, 15) is 13.2 Å². The van der Waals surface area contributed by atoms with E-state index in [2.05, 4.69) is 4.18 Å². The molecule has 0 aromatic rings. The van der Waals surface area contributed by atoms with E-state index >= 15 is 0 Å². The van der Waals surface area contributed by atoms with Gasteiger partial charge in [-0.05, 0) is 6.92 Å². The van der Waals surface area contributed by atoms with Crippen molar-refractivity contribution in [1.29, 1.82) is 0 Å². The molecule has 0 aromatic carbocycles. The SMILES string of the molecule is CC(O)(COS(=O)(=O)O)C(=O)O.O=S(=O)(O)O. The highest BCUT2D eigenvalue weighted by atomic mass is 32.3. The first kappa shape index (κ1) is 18.5. The first-order chi connectivity index (χ1) is 7.15. The molecule has 0 aromatic heterocycles. The van der Waals surface area contributed by atoms with Crippen molar-refractivity contribution in [3.05, 3.63) is 0 Å². The van der Waals surface area contributed by atoms with Crippen LogP contribution < -0.4 is 0 Å². The first-order valence-corrected chi connectivity index (χ1v) is 6.19. The van der Waals surface area contributed by atoms with Gasteiger partial charge in [-0.2, -0.15) is 16.8 Å². The molecule has 0 radical (unpaired) electrons. The van der Waals surface area contributed by atoms with Crippen LogP contribution in [-0.4, -0.2) is 58.9 Å². The van der Waals surface area contributed by atoms with E-state index < -0.39 is 39.0 Å². The summed E-state index contributed by atoms with van der Waals surface area (Å²) in [6, 6.07) is 0. The number of carboxylic acid groups (broad SMARTS) is 1. The van der Waals surface area contributed by atoms with E-state index in [4.69, 9.17) is 32.3 Å². The fourth-order valence-electron chi connectivity index (χ4n) is 0.251. The number of hydrogen-bond donors (Lipinski definition) is 5. The van der Waals surface area contributed by atoms with Crippen LogP contribution in [0.5, 0.6) is 0 Å².